The molecule has 7 nitrogen and oxygen atoms in total. The number of amides is 3. The third-order valence-electron chi connectivity index (χ3n) is 8.06. The summed E-state index contributed by atoms with van der Waals surface area (Å²) in [5, 5.41) is 9.82. The topological polar surface area (TPSA) is 81.2 Å². The van der Waals surface area contributed by atoms with Crippen molar-refractivity contribution < 1.29 is 19.5 Å². The second-order valence-electron chi connectivity index (χ2n) is 9.89. The zero-order chi connectivity index (χ0) is 23.8. The lowest BCUT2D eigenvalue weighted by molar-refractivity contribution is -0.145. The average Bonchev–Trinajstić information content (AvgIpc) is 3.45. The third kappa shape index (κ3) is 3.93. The molecule has 5 atom stereocenters. The lowest BCUT2D eigenvalue weighted by Crippen LogP contribution is -2.57. The first-order chi connectivity index (χ1) is 15.9. The van der Waals surface area contributed by atoms with Crippen LogP contribution in [0.25, 0.3) is 0 Å². The number of aliphatic hydroxyl groups excluding tert-OH is 1. The molecule has 3 aliphatic heterocycles. The molecule has 2 unspecified atom stereocenters. The van der Waals surface area contributed by atoms with Gasteiger partial charge in [0.1, 0.15) is 6.04 Å². The SMILES string of the molecule is C=CCN(C)C(=O)[C@@H]1[C@H]2C(=O)N(CCO)C(C(=O)N(CC=C)C3CCCCC3)C23CC[C@H]1S3. The normalized spacial score (nSPS) is 33.2. The van der Waals surface area contributed by atoms with E-state index in [2.05, 4.69) is 13.2 Å². The molecule has 3 heterocycles. The largest absolute Gasteiger partial charge is 0.395 e. The number of hydrogen-bond acceptors (Lipinski definition) is 5. The highest BCUT2D eigenvalue weighted by atomic mass is 32.2. The van der Waals surface area contributed by atoms with E-state index < -0.39 is 22.6 Å². The van der Waals surface area contributed by atoms with Gasteiger partial charge in [-0.2, -0.15) is 0 Å². The van der Waals surface area contributed by atoms with E-state index in [1.165, 1.54) is 6.42 Å². The van der Waals surface area contributed by atoms with Crippen molar-refractivity contribution >= 4 is 29.5 Å². The second kappa shape index (κ2) is 9.82. The van der Waals surface area contributed by atoms with Crippen molar-refractivity contribution in [2.24, 2.45) is 11.8 Å². The third-order valence-corrected chi connectivity index (χ3v) is 10.0. The smallest absolute Gasteiger partial charge is 0.247 e. The number of carbonyl (C=O) groups excluding carboxylic acids is 3. The Bertz CT molecular complexity index is 813. The number of carbonyl (C=O) groups is 3. The van der Waals surface area contributed by atoms with Gasteiger partial charge in [-0.25, -0.2) is 0 Å². The molecule has 8 heteroatoms. The molecule has 1 aliphatic carbocycles. The monoisotopic (exact) mass is 475 g/mol. The van der Waals surface area contributed by atoms with Gasteiger partial charge in [0.05, 0.1) is 23.2 Å². The van der Waals surface area contributed by atoms with Crippen LogP contribution in [0.4, 0.5) is 0 Å². The van der Waals surface area contributed by atoms with Crippen molar-refractivity contribution in [2.45, 2.75) is 67.0 Å². The highest BCUT2D eigenvalue weighted by molar-refractivity contribution is 8.02. The summed E-state index contributed by atoms with van der Waals surface area (Å²) in [6, 6.07) is -0.480. The number of likely N-dealkylation sites (tertiary alicyclic amines) is 1. The zero-order valence-electron chi connectivity index (χ0n) is 19.7. The second-order valence-corrected chi connectivity index (χ2v) is 11.5. The fourth-order valence-corrected chi connectivity index (χ4v) is 8.91. The van der Waals surface area contributed by atoms with E-state index in [9.17, 15) is 19.5 Å². The number of thioether (sulfide) groups is 1. The number of likely N-dealkylation sites (N-methyl/N-ethyl adjacent to an activating group) is 1. The van der Waals surface area contributed by atoms with Crippen molar-refractivity contribution in [1.82, 2.24) is 14.7 Å². The molecule has 1 spiro atoms. The van der Waals surface area contributed by atoms with Gasteiger partial charge < -0.3 is 19.8 Å². The van der Waals surface area contributed by atoms with E-state index in [4.69, 9.17) is 0 Å². The highest BCUT2D eigenvalue weighted by Crippen LogP contribution is 2.66. The summed E-state index contributed by atoms with van der Waals surface area (Å²) in [7, 11) is 1.75. The van der Waals surface area contributed by atoms with Gasteiger partial charge in [0, 0.05) is 38.0 Å². The van der Waals surface area contributed by atoms with Gasteiger partial charge in [0.2, 0.25) is 17.7 Å². The fraction of sp³-hybridized carbons (Fsp3) is 0.720. The van der Waals surface area contributed by atoms with Crippen molar-refractivity contribution in [3.8, 4) is 0 Å². The molecular formula is C25H37N3O4S. The van der Waals surface area contributed by atoms with Crippen LogP contribution < -0.4 is 0 Å². The van der Waals surface area contributed by atoms with Gasteiger partial charge in [-0.1, -0.05) is 31.4 Å². The van der Waals surface area contributed by atoms with Gasteiger partial charge in [-0.3, -0.25) is 14.4 Å². The number of nitrogens with zero attached hydrogens (tertiary/aromatic N) is 3. The van der Waals surface area contributed by atoms with E-state index in [-0.39, 0.29) is 42.2 Å². The summed E-state index contributed by atoms with van der Waals surface area (Å²) in [6.07, 6.45) is 10.4. The Morgan fingerprint density at radius 3 is 2.48 bits per heavy atom. The number of fused-ring (bicyclic) bond motifs is 1. The fourth-order valence-electron chi connectivity index (χ4n) is 6.71. The molecule has 0 aromatic carbocycles. The average molecular weight is 476 g/mol. The van der Waals surface area contributed by atoms with Crippen LogP contribution in [0.15, 0.2) is 25.3 Å². The zero-order valence-corrected chi connectivity index (χ0v) is 20.5. The molecular weight excluding hydrogens is 438 g/mol. The van der Waals surface area contributed by atoms with Crippen LogP contribution in [-0.2, 0) is 14.4 Å². The maximum atomic E-state index is 14.2. The number of aliphatic hydroxyl groups is 1. The molecule has 4 fully saturated rings. The van der Waals surface area contributed by atoms with Crippen molar-refractivity contribution in [2.75, 3.05) is 33.3 Å². The van der Waals surface area contributed by atoms with E-state index in [1.807, 2.05) is 4.90 Å². The van der Waals surface area contributed by atoms with E-state index in [0.717, 1.165) is 38.5 Å². The number of hydrogen-bond donors (Lipinski definition) is 1. The Labute approximate surface area is 201 Å². The molecule has 1 N–H and O–H groups in total. The first-order valence-electron chi connectivity index (χ1n) is 12.3. The molecule has 0 aromatic heterocycles. The number of β-amino-alcohol motifs (C(OH)–C–C–N with tert-alkyl or cyclic N) is 1. The lowest BCUT2D eigenvalue weighted by atomic mass is 9.70. The van der Waals surface area contributed by atoms with Crippen molar-refractivity contribution in [3.63, 3.8) is 0 Å². The Morgan fingerprint density at radius 1 is 1.15 bits per heavy atom. The summed E-state index contributed by atoms with van der Waals surface area (Å²) >= 11 is 1.68. The molecule has 4 rings (SSSR count). The van der Waals surface area contributed by atoms with E-state index in [1.54, 1.807) is 40.8 Å². The first-order valence-corrected chi connectivity index (χ1v) is 13.2. The van der Waals surface area contributed by atoms with Crippen LogP contribution in [0, 0.1) is 11.8 Å². The molecule has 0 aromatic rings. The Kier molecular flexibility index (Phi) is 7.24. The predicted molar refractivity (Wildman–Crippen MR) is 130 cm³/mol. The molecule has 33 heavy (non-hydrogen) atoms. The van der Waals surface area contributed by atoms with Crippen LogP contribution in [0.2, 0.25) is 0 Å². The minimum atomic E-state index is -0.637. The van der Waals surface area contributed by atoms with Gasteiger partial charge in [-0.05, 0) is 25.7 Å². The summed E-state index contributed by atoms with van der Waals surface area (Å²) < 4.78 is -0.600. The minimum Gasteiger partial charge on any atom is -0.395 e. The van der Waals surface area contributed by atoms with Gasteiger partial charge in [0.15, 0.2) is 0 Å². The lowest BCUT2D eigenvalue weighted by Gasteiger charge is -2.41. The summed E-state index contributed by atoms with van der Waals surface area (Å²) in [6.45, 7) is 8.42. The maximum absolute atomic E-state index is 14.2. The van der Waals surface area contributed by atoms with Crippen LogP contribution in [0.5, 0.6) is 0 Å². The van der Waals surface area contributed by atoms with Gasteiger partial charge in [-0.15, -0.1) is 24.9 Å². The van der Waals surface area contributed by atoms with Crippen LogP contribution in [0.1, 0.15) is 44.9 Å². The molecule has 2 bridgehead atoms. The van der Waals surface area contributed by atoms with Crippen LogP contribution in [0.3, 0.4) is 0 Å². The minimum absolute atomic E-state index is 0.0354. The van der Waals surface area contributed by atoms with Gasteiger partial charge >= 0.3 is 0 Å². The van der Waals surface area contributed by atoms with E-state index >= 15 is 0 Å². The van der Waals surface area contributed by atoms with Crippen LogP contribution in [-0.4, -0.2) is 92.9 Å². The Hall–Kier alpha value is -1.80. The van der Waals surface area contributed by atoms with Crippen LogP contribution >= 0.6 is 11.8 Å². The molecule has 0 radical (unpaired) electrons. The quantitative estimate of drug-likeness (QED) is 0.517. The van der Waals surface area contributed by atoms with Crippen molar-refractivity contribution in [1.29, 1.82) is 0 Å². The van der Waals surface area contributed by atoms with E-state index in [0.29, 0.717) is 13.1 Å². The molecule has 182 valence electrons. The Morgan fingerprint density at radius 2 is 1.85 bits per heavy atom. The molecule has 4 aliphatic rings. The van der Waals surface area contributed by atoms with Crippen molar-refractivity contribution in [3.05, 3.63) is 25.3 Å². The number of rotatable bonds is 9. The summed E-state index contributed by atoms with van der Waals surface area (Å²) in [5.41, 5.74) is 0. The summed E-state index contributed by atoms with van der Waals surface area (Å²) in [4.78, 5) is 46.5. The first kappa shape index (κ1) is 24.3. The Balaban J connectivity index is 1.69. The summed E-state index contributed by atoms with van der Waals surface area (Å²) in [5.74, 6) is -1.17. The molecule has 3 amide bonds. The van der Waals surface area contributed by atoms with Gasteiger partial charge in [0.25, 0.3) is 0 Å². The maximum Gasteiger partial charge on any atom is 0.247 e. The highest BCUT2D eigenvalue weighted by Gasteiger charge is 2.74. The predicted octanol–water partition coefficient (Wildman–Crippen LogP) is 2.06. The molecule has 1 saturated carbocycles. The molecule has 3 saturated heterocycles. The standard InChI is InChI=1S/C25H37N3O4S/c1-4-13-26(3)22(30)19-18-11-12-25(33-18)20(19)23(31)28(15-16-29)21(25)24(32)27(14-5-2)17-9-7-6-8-10-17/h4-5,17-21,29H,1-2,6-16H2,3H3/t18-,19+,20+,21?,25?/m1/s1.